The lowest BCUT2D eigenvalue weighted by Gasteiger charge is -2.36. The summed E-state index contributed by atoms with van der Waals surface area (Å²) in [6.45, 7) is 9.04. The Labute approximate surface area is 278 Å². The highest BCUT2D eigenvalue weighted by molar-refractivity contribution is 5.94. The van der Waals surface area contributed by atoms with Gasteiger partial charge in [0.15, 0.2) is 5.78 Å². The molecule has 3 aliphatic rings. The molecule has 2 amide bonds. The lowest BCUT2D eigenvalue weighted by Crippen LogP contribution is -2.57. The Balaban J connectivity index is 1.60. The van der Waals surface area contributed by atoms with E-state index in [0.717, 1.165) is 0 Å². The number of Topliss-reactive ketones (excluding diaryl/α,β-unsaturated/α-hetero) is 1. The van der Waals surface area contributed by atoms with Gasteiger partial charge in [-0.15, -0.1) is 0 Å². The minimum Gasteiger partial charge on any atom is -0.472 e. The first-order chi connectivity index (χ1) is 22.3. The number of fused-ring (bicyclic) bond motifs is 5. The molecule has 1 aliphatic carbocycles. The highest BCUT2D eigenvalue weighted by atomic mass is 19.3. The minimum atomic E-state index is -3.38. The van der Waals surface area contributed by atoms with Crippen LogP contribution in [0.3, 0.4) is 0 Å². The second-order valence-electron chi connectivity index (χ2n) is 15.1. The van der Waals surface area contributed by atoms with Crippen LogP contribution in [0.5, 0.6) is 11.6 Å². The van der Waals surface area contributed by atoms with Gasteiger partial charge in [-0.25, -0.2) is 18.6 Å². The van der Waals surface area contributed by atoms with Gasteiger partial charge in [0.2, 0.25) is 11.8 Å². The van der Waals surface area contributed by atoms with Crippen LogP contribution in [0, 0.1) is 23.2 Å². The number of benzene rings is 1. The van der Waals surface area contributed by atoms with Crippen molar-refractivity contribution in [3.8, 4) is 11.6 Å². The lowest BCUT2D eigenvalue weighted by atomic mass is 9.85. The van der Waals surface area contributed by atoms with Gasteiger partial charge in [-0.1, -0.05) is 48.0 Å². The predicted octanol–water partition coefficient (Wildman–Crippen LogP) is 7.24. The van der Waals surface area contributed by atoms with Crippen LogP contribution in [0.15, 0.2) is 24.3 Å². The van der Waals surface area contributed by atoms with Gasteiger partial charge in [0.25, 0.3) is 5.92 Å². The van der Waals surface area contributed by atoms with Crippen molar-refractivity contribution in [1.82, 2.24) is 15.2 Å². The fourth-order valence-corrected chi connectivity index (χ4v) is 6.90. The molecule has 264 valence electrons. The highest BCUT2D eigenvalue weighted by Gasteiger charge is 2.55. The van der Waals surface area contributed by atoms with E-state index in [1.807, 2.05) is 0 Å². The maximum Gasteiger partial charge on any atom is 0.408 e. The van der Waals surface area contributed by atoms with Gasteiger partial charge in [-0.05, 0) is 49.8 Å². The van der Waals surface area contributed by atoms with E-state index in [-0.39, 0.29) is 41.3 Å². The quantitative estimate of drug-likeness (QED) is 0.340. The first kappa shape index (κ1) is 35.7. The van der Waals surface area contributed by atoms with Crippen molar-refractivity contribution in [2.45, 2.75) is 117 Å². The number of ether oxygens (including phenoxy) is 3. The number of hydrogen-bond donors (Lipinski definition) is 1. The first-order valence-corrected chi connectivity index (χ1v) is 16.6. The largest absolute Gasteiger partial charge is 0.472 e. The molecule has 1 aromatic heterocycles. The molecule has 1 aromatic carbocycles. The van der Waals surface area contributed by atoms with E-state index < -0.39 is 83.4 Å². The predicted molar refractivity (Wildman–Crippen MR) is 169 cm³/mol. The fraction of sp³-hybridized carbons (Fsp3) is 0.657. The second-order valence-corrected chi connectivity index (χ2v) is 15.1. The van der Waals surface area contributed by atoms with Crippen LogP contribution in [0.1, 0.15) is 86.1 Å². The molecule has 6 unspecified atom stereocenters. The molecule has 2 aliphatic heterocycles. The molecule has 3 heterocycles. The number of nitrogens with zero attached hydrogens (tertiary/aromatic N) is 2. The van der Waals surface area contributed by atoms with E-state index in [1.165, 1.54) is 29.2 Å². The van der Waals surface area contributed by atoms with Crippen molar-refractivity contribution in [2.75, 3.05) is 6.54 Å². The smallest absolute Gasteiger partial charge is 0.408 e. The number of hydrogen-bond acceptors (Lipinski definition) is 7. The maximum atomic E-state index is 16.1. The van der Waals surface area contributed by atoms with Crippen molar-refractivity contribution in [1.29, 1.82) is 0 Å². The number of halogens is 4. The monoisotopic (exact) mass is 679 g/mol. The van der Waals surface area contributed by atoms with E-state index >= 15 is 8.78 Å². The number of ketones is 1. The number of aromatic nitrogens is 1. The number of pyridine rings is 1. The van der Waals surface area contributed by atoms with Gasteiger partial charge in [0, 0.05) is 35.6 Å². The van der Waals surface area contributed by atoms with Gasteiger partial charge in [-0.2, -0.15) is 8.78 Å². The number of alkyl halides is 4. The Morgan fingerprint density at radius 1 is 1.15 bits per heavy atom. The molecule has 1 saturated carbocycles. The third-order valence-corrected chi connectivity index (χ3v) is 9.93. The van der Waals surface area contributed by atoms with Crippen molar-refractivity contribution in [2.24, 2.45) is 23.2 Å². The van der Waals surface area contributed by atoms with Crippen LogP contribution >= 0.6 is 0 Å². The molecular weight excluding hydrogens is 634 g/mol. The van der Waals surface area contributed by atoms with Crippen molar-refractivity contribution in [3.05, 3.63) is 29.8 Å². The zero-order valence-corrected chi connectivity index (χ0v) is 28.4. The summed E-state index contributed by atoms with van der Waals surface area (Å²) in [6.07, 6.45) is -0.440. The molecule has 5 rings (SSSR count). The summed E-state index contributed by atoms with van der Waals surface area (Å²) in [5.74, 6) is -5.91. The molecule has 1 saturated heterocycles. The van der Waals surface area contributed by atoms with Crippen LogP contribution in [0.2, 0.25) is 0 Å². The first-order valence-electron chi connectivity index (χ1n) is 16.6. The number of carbonyl (C=O) groups is 3. The molecule has 0 spiro atoms. The molecule has 13 heteroatoms. The number of nitrogens with one attached hydrogen (secondary N) is 1. The number of amides is 2. The fourth-order valence-electron chi connectivity index (χ4n) is 6.90. The van der Waals surface area contributed by atoms with Crippen molar-refractivity contribution >= 4 is 28.7 Å². The Bertz CT molecular complexity index is 1560. The highest BCUT2D eigenvalue weighted by Crippen LogP contribution is 2.50. The summed E-state index contributed by atoms with van der Waals surface area (Å²) in [7, 11) is 0. The van der Waals surface area contributed by atoms with Gasteiger partial charge in [0.05, 0.1) is 23.7 Å². The molecule has 2 fully saturated rings. The Morgan fingerprint density at radius 3 is 2.50 bits per heavy atom. The summed E-state index contributed by atoms with van der Waals surface area (Å²) in [4.78, 5) is 46.9. The number of alkyl carbamates (subject to hydrolysis) is 1. The molecule has 48 heavy (non-hydrogen) atoms. The molecule has 6 atom stereocenters. The van der Waals surface area contributed by atoms with Gasteiger partial charge >= 0.3 is 12.7 Å². The zero-order chi connectivity index (χ0) is 35.3. The van der Waals surface area contributed by atoms with E-state index in [4.69, 9.17) is 9.47 Å². The SMILES string of the molecule is CC(C)C(=O)C1C(C)C2CN1C(=O)C(C(C)(C)C)NC(=O)OC1(C)CC1CCCCC(F)(F)c1cc3ccc(OC(F)F)cc3nc1O2. The summed E-state index contributed by atoms with van der Waals surface area (Å²) in [5, 5.41) is 3.04. The summed E-state index contributed by atoms with van der Waals surface area (Å²) in [6, 6.07) is 3.05. The van der Waals surface area contributed by atoms with Crippen LogP contribution in [0.25, 0.3) is 10.9 Å². The lowest BCUT2D eigenvalue weighted by molar-refractivity contribution is -0.143. The van der Waals surface area contributed by atoms with Crippen LogP contribution in [0.4, 0.5) is 22.4 Å². The Morgan fingerprint density at radius 2 is 1.85 bits per heavy atom. The standard InChI is InChI=1S/C35H45F4N3O6/c1-18(2)27(43)26-19(3)25-17-42(26)30(44)28(33(4,5)6)41-32(45)48-34(7)16-21(34)10-8-9-13-35(38,39)23-14-20-11-12-22(46-31(36)37)15-24(20)40-29(23)47-25/h11-12,14-15,18-19,21,25-26,28,31H,8-10,13,16-17H2,1-7H3,(H,41,45). The maximum absolute atomic E-state index is 16.1. The third kappa shape index (κ3) is 7.34. The summed E-state index contributed by atoms with van der Waals surface area (Å²) < 4.78 is 74.7. The average Bonchev–Trinajstić information content (AvgIpc) is 3.50. The zero-order valence-electron chi connectivity index (χ0n) is 28.4. The van der Waals surface area contributed by atoms with E-state index in [0.29, 0.717) is 19.3 Å². The van der Waals surface area contributed by atoms with Crippen LogP contribution in [-0.2, 0) is 20.2 Å². The van der Waals surface area contributed by atoms with Gasteiger partial charge in [0.1, 0.15) is 23.5 Å². The molecule has 9 nitrogen and oxygen atoms in total. The topological polar surface area (TPSA) is 107 Å². The minimum absolute atomic E-state index is 0.0151. The van der Waals surface area contributed by atoms with E-state index in [9.17, 15) is 23.2 Å². The molecular formula is C35H45F4N3O6. The van der Waals surface area contributed by atoms with Gasteiger partial charge in [-0.3, -0.25) is 9.59 Å². The average molecular weight is 680 g/mol. The number of rotatable bonds is 4. The second kappa shape index (κ2) is 13.0. The normalized spacial score (nSPS) is 29.7. The Kier molecular flexibility index (Phi) is 9.66. The van der Waals surface area contributed by atoms with E-state index in [2.05, 4.69) is 15.0 Å². The molecule has 1 N–H and O–H groups in total. The number of carbonyl (C=O) groups excluding carboxylic acids is 3. The summed E-state index contributed by atoms with van der Waals surface area (Å²) in [5.41, 5.74) is -1.94. The molecule has 0 radical (unpaired) electrons. The van der Waals surface area contributed by atoms with Crippen LogP contribution in [-0.4, -0.2) is 64.6 Å². The Hall–Kier alpha value is -3.64. The van der Waals surface area contributed by atoms with Crippen molar-refractivity contribution in [3.63, 3.8) is 0 Å². The molecule has 2 aromatic rings. The van der Waals surface area contributed by atoms with Crippen molar-refractivity contribution < 1.29 is 46.2 Å². The summed E-state index contributed by atoms with van der Waals surface area (Å²) >= 11 is 0. The van der Waals surface area contributed by atoms with E-state index in [1.54, 1.807) is 48.5 Å². The van der Waals surface area contributed by atoms with Gasteiger partial charge < -0.3 is 24.4 Å². The molecule has 2 bridgehead atoms. The van der Waals surface area contributed by atoms with Crippen LogP contribution < -0.4 is 14.8 Å². The third-order valence-electron chi connectivity index (χ3n) is 9.93.